The second-order valence-electron chi connectivity index (χ2n) is 7.38. The molecule has 0 aliphatic rings. The summed E-state index contributed by atoms with van der Waals surface area (Å²) in [6.07, 6.45) is 0.467. The number of hydrogen-bond donors (Lipinski definition) is 2. The largest absolute Gasteiger partial charge is 0.497 e. The molecular formula is C21H26N2O3S. The van der Waals surface area contributed by atoms with Gasteiger partial charge in [-0.1, -0.05) is 20.8 Å². The first-order valence-electron chi connectivity index (χ1n) is 8.72. The van der Waals surface area contributed by atoms with Crippen LogP contribution < -0.4 is 15.4 Å². The maximum Gasteiger partial charge on any atom is 0.234 e. The van der Waals surface area contributed by atoms with Gasteiger partial charge in [0.15, 0.2) is 0 Å². The molecule has 2 aromatic carbocycles. The van der Waals surface area contributed by atoms with E-state index in [0.717, 1.165) is 22.0 Å². The molecule has 27 heavy (non-hydrogen) atoms. The highest BCUT2D eigenvalue weighted by molar-refractivity contribution is 8.00. The fourth-order valence-electron chi connectivity index (χ4n) is 2.34. The van der Waals surface area contributed by atoms with Crippen LogP contribution in [0.25, 0.3) is 0 Å². The van der Waals surface area contributed by atoms with Gasteiger partial charge in [0.25, 0.3) is 0 Å². The number of thioether (sulfide) groups is 1. The molecule has 0 spiro atoms. The minimum atomic E-state index is -0.0762. The van der Waals surface area contributed by atoms with E-state index < -0.39 is 0 Å². The molecule has 0 saturated heterocycles. The average molecular weight is 387 g/mol. The van der Waals surface area contributed by atoms with E-state index in [1.54, 1.807) is 31.4 Å². The van der Waals surface area contributed by atoms with Gasteiger partial charge in [-0.3, -0.25) is 9.59 Å². The van der Waals surface area contributed by atoms with Crippen LogP contribution in [0.4, 0.5) is 11.4 Å². The van der Waals surface area contributed by atoms with Crippen LogP contribution in [0, 0.1) is 5.41 Å². The standard InChI is InChI=1S/C21H26N2O3S/c1-21(2,3)13-19(24)22-16-7-11-18(12-8-16)27-14-20(25)23-15-5-9-17(26-4)10-6-15/h5-12H,13-14H2,1-4H3,(H,22,24)(H,23,25). The Bertz CT molecular complexity index is 766. The third kappa shape index (κ3) is 7.74. The van der Waals surface area contributed by atoms with Gasteiger partial charge < -0.3 is 15.4 Å². The van der Waals surface area contributed by atoms with Crippen molar-refractivity contribution in [3.63, 3.8) is 0 Å². The topological polar surface area (TPSA) is 67.4 Å². The number of ether oxygens (including phenoxy) is 1. The third-order valence-corrected chi connectivity index (χ3v) is 4.58. The molecule has 0 saturated carbocycles. The third-order valence-electron chi connectivity index (χ3n) is 3.57. The summed E-state index contributed by atoms with van der Waals surface area (Å²) in [6.45, 7) is 6.09. The summed E-state index contributed by atoms with van der Waals surface area (Å²) in [5, 5.41) is 5.75. The zero-order valence-corrected chi connectivity index (χ0v) is 17.0. The normalized spacial score (nSPS) is 11.0. The zero-order valence-electron chi connectivity index (χ0n) is 16.2. The van der Waals surface area contributed by atoms with Crippen LogP contribution in [0.1, 0.15) is 27.2 Å². The molecule has 0 bridgehead atoms. The number of hydrogen-bond acceptors (Lipinski definition) is 4. The Morgan fingerprint density at radius 3 is 1.93 bits per heavy atom. The lowest BCUT2D eigenvalue weighted by atomic mass is 9.92. The summed E-state index contributed by atoms with van der Waals surface area (Å²) in [5.41, 5.74) is 1.45. The number of amides is 2. The monoisotopic (exact) mass is 386 g/mol. The molecule has 144 valence electrons. The molecule has 0 unspecified atom stereocenters. The smallest absolute Gasteiger partial charge is 0.234 e. The van der Waals surface area contributed by atoms with Gasteiger partial charge in [0.1, 0.15) is 5.75 Å². The van der Waals surface area contributed by atoms with Crippen LogP contribution in [0.2, 0.25) is 0 Å². The number of nitrogens with one attached hydrogen (secondary N) is 2. The summed E-state index contributed by atoms with van der Waals surface area (Å²) in [6, 6.07) is 14.7. The molecule has 0 radical (unpaired) electrons. The lowest BCUT2D eigenvalue weighted by Crippen LogP contribution is -2.19. The van der Waals surface area contributed by atoms with Crippen molar-refractivity contribution in [3.05, 3.63) is 48.5 Å². The number of carbonyl (C=O) groups excluding carboxylic acids is 2. The van der Waals surface area contributed by atoms with Crippen LogP contribution in [-0.4, -0.2) is 24.7 Å². The van der Waals surface area contributed by atoms with E-state index >= 15 is 0 Å². The van der Waals surface area contributed by atoms with E-state index in [1.165, 1.54) is 11.8 Å². The molecule has 2 amide bonds. The Morgan fingerprint density at radius 2 is 1.41 bits per heavy atom. The number of anilines is 2. The molecule has 0 aliphatic heterocycles. The molecule has 0 heterocycles. The minimum Gasteiger partial charge on any atom is -0.497 e. The van der Waals surface area contributed by atoms with Crippen molar-refractivity contribution in [2.75, 3.05) is 23.5 Å². The average Bonchev–Trinajstić information content (AvgIpc) is 2.60. The van der Waals surface area contributed by atoms with Crippen molar-refractivity contribution in [2.45, 2.75) is 32.1 Å². The van der Waals surface area contributed by atoms with E-state index in [-0.39, 0.29) is 17.2 Å². The van der Waals surface area contributed by atoms with E-state index in [1.807, 2.05) is 45.0 Å². The Morgan fingerprint density at radius 1 is 0.889 bits per heavy atom. The number of methoxy groups -OCH3 is 1. The van der Waals surface area contributed by atoms with E-state index in [2.05, 4.69) is 10.6 Å². The highest BCUT2D eigenvalue weighted by Gasteiger charge is 2.15. The SMILES string of the molecule is COc1ccc(NC(=O)CSc2ccc(NC(=O)CC(C)(C)C)cc2)cc1. The molecule has 2 aromatic rings. The summed E-state index contributed by atoms with van der Waals surface area (Å²) in [7, 11) is 1.60. The van der Waals surface area contributed by atoms with E-state index in [9.17, 15) is 9.59 Å². The molecule has 0 fully saturated rings. The fraction of sp³-hybridized carbons (Fsp3) is 0.333. The second kappa shape index (κ2) is 9.46. The fourth-order valence-corrected chi connectivity index (χ4v) is 3.04. The van der Waals surface area contributed by atoms with Crippen LogP contribution in [0.15, 0.2) is 53.4 Å². The van der Waals surface area contributed by atoms with Crippen LogP contribution in [0.3, 0.4) is 0 Å². The predicted octanol–water partition coefficient (Wildman–Crippen LogP) is 4.80. The summed E-state index contributed by atoms with van der Waals surface area (Å²) >= 11 is 1.44. The molecule has 0 aromatic heterocycles. The first kappa shape index (κ1) is 20.8. The first-order chi connectivity index (χ1) is 12.7. The Hall–Kier alpha value is -2.47. The van der Waals surface area contributed by atoms with Crippen molar-refractivity contribution in [2.24, 2.45) is 5.41 Å². The van der Waals surface area contributed by atoms with Crippen LogP contribution >= 0.6 is 11.8 Å². The predicted molar refractivity (Wildman–Crippen MR) is 111 cm³/mol. The molecule has 5 nitrogen and oxygen atoms in total. The van der Waals surface area contributed by atoms with Gasteiger partial charge in [-0.05, 0) is 53.9 Å². The van der Waals surface area contributed by atoms with Crippen molar-refractivity contribution >= 4 is 35.0 Å². The molecule has 0 aliphatic carbocycles. The van der Waals surface area contributed by atoms with Gasteiger partial charge in [0.05, 0.1) is 12.9 Å². The van der Waals surface area contributed by atoms with E-state index in [0.29, 0.717) is 12.2 Å². The number of carbonyl (C=O) groups is 2. The summed E-state index contributed by atoms with van der Waals surface area (Å²) < 4.78 is 5.09. The van der Waals surface area contributed by atoms with Gasteiger partial charge in [-0.2, -0.15) is 0 Å². The quantitative estimate of drug-likeness (QED) is 0.671. The Balaban J connectivity index is 1.80. The molecule has 0 atom stereocenters. The van der Waals surface area contributed by atoms with Crippen molar-refractivity contribution < 1.29 is 14.3 Å². The minimum absolute atomic E-state index is 0.00164. The lowest BCUT2D eigenvalue weighted by Gasteiger charge is -2.17. The summed E-state index contributed by atoms with van der Waals surface area (Å²) in [4.78, 5) is 25.0. The number of rotatable bonds is 7. The van der Waals surface area contributed by atoms with Gasteiger partial charge >= 0.3 is 0 Å². The lowest BCUT2D eigenvalue weighted by molar-refractivity contribution is -0.118. The van der Waals surface area contributed by atoms with Gasteiger partial charge in [-0.25, -0.2) is 0 Å². The van der Waals surface area contributed by atoms with Crippen molar-refractivity contribution in [1.82, 2.24) is 0 Å². The van der Waals surface area contributed by atoms with Crippen molar-refractivity contribution in [1.29, 1.82) is 0 Å². The second-order valence-corrected chi connectivity index (χ2v) is 8.42. The highest BCUT2D eigenvalue weighted by atomic mass is 32.2. The maximum absolute atomic E-state index is 12.1. The highest BCUT2D eigenvalue weighted by Crippen LogP contribution is 2.23. The Kier molecular flexibility index (Phi) is 7.30. The van der Waals surface area contributed by atoms with Gasteiger partial charge in [0, 0.05) is 22.7 Å². The van der Waals surface area contributed by atoms with Crippen LogP contribution in [0.5, 0.6) is 5.75 Å². The first-order valence-corrected chi connectivity index (χ1v) is 9.70. The summed E-state index contributed by atoms with van der Waals surface area (Å²) in [5.74, 6) is 0.980. The molecule has 2 N–H and O–H groups in total. The number of benzene rings is 2. The zero-order chi connectivity index (χ0) is 19.9. The van der Waals surface area contributed by atoms with Gasteiger partial charge in [0.2, 0.25) is 11.8 Å². The van der Waals surface area contributed by atoms with Crippen molar-refractivity contribution in [3.8, 4) is 5.75 Å². The Labute approximate surface area is 164 Å². The molecule has 6 heteroatoms. The molecule has 2 rings (SSSR count). The maximum atomic E-state index is 12.1. The van der Waals surface area contributed by atoms with E-state index in [4.69, 9.17) is 4.74 Å². The molecular weight excluding hydrogens is 360 g/mol. The van der Waals surface area contributed by atoms with Gasteiger partial charge in [-0.15, -0.1) is 11.8 Å². The van der Waals surface area contributed by atoms with Crippen LogP contribution in [-0.2, 0) is 9.59 Å².